The third kappa shape index (κ3) is 2.38. The number of hydrogen-bond acceptors (Lipinski definition) is 2. The van der Waals surface area contributed by atoms with E-state index < -0.39 is 0 Å². The Bertz CT molecular complexity index is 306. The summed E-state index contributed by atoms with van der Waals surface area (Å²) in [6.45, 7) is 0.671. The van der Waals surface area contributed by atoms with Crippen LogP contribution in [0, 0.1) is 5.92 Å². The lowest BCUT2D eigenvalue weighted by molar-refractivity contribution is 0.0926. The maximum atomic E-state index is 11.4. The lowest BCUT2D eigenvalue weighted by Gasteiger charge is -2.08. The van der Waals surface area contributed by atoms with E-state index in [1.165, 1.54) is 19.1 Å². The molecular formula is C10H12BrNO2. The van der Waals surface area contributed by atoms with E-state index >= 15 is 0 Å². The first-order valence-corrected chi connectivity index (χ1v) is 5.64. The summed E-state index contributed by atoms with van der Waals surface area (Å²) >= 11 is 3.55. The molecule has 1 heterocycles. The second-order valence-electron chi connectivity index (χ2n) is 3.54. The summed E-state index contributed by atoms with van der Waals surface area (Å²) in [6, 6.07) is 3.37. The van der Waals surface area contributed by atoms with E-state index in [4.69, 9.17) is 4.42 Å². The van der Waals surface area contributed by atoms with Gasteiger partial charge in [-0.2, -0.15) is 0 Å². The lowest BCUT2D eigenvalue weighted by Crippen LogP contribution is -2.30. The summed E-state index contributed by atoms with van der Waals surface area (Å²) < 4.78 is 4.98. The number of halogens is 1. The van der Waals surface area contributed by atoms with Crippen molar-refractivity contribution in [1.82, 2.24) is 5.32 Å². The molecule has 0 aromatic carbocycles. The molecule has 0 aliphatic heterocycles. The number of furan rings is 1. The average molecular weight is 258 g/mol. The molecule has 1 aromatic rings. The Morgan fingerprint density at radius 2 is 2.50 bits per heavy atom. The predicted octanol–water partition coefficient (Wildman–Crippen LogP) is 2.18. The Labute approximate surface area is 91.0 Å². The fourth-order valence-electron chi connectivity index (χ4n) is 1.31. The monoisotopic (exact) mass is 257 g/mol. The Hall–Kier alpha value is -0.770. The van der Waals surface area contributed by atoms with Gasteiger partial charge in [-0.15, -0.1) is 0 Å². The van der Waals surface area contributed by atoms with Crippen LogP contribution in [0.2, 0.25) is 0 Å². The number of carbonyl (C=O) groups is 1. The van der Waals surface area contributed by atoms with Crippen LogP contribution in [0.5, 0.6) is 0 Å². The molecule has 1 N–H and O–H groups in total. The molecule has 4 heteroatoms. The summed E-state index contributed by atoms with van der Waals surface area (Å²) in [5, 5.41) is 2.83. The Kier molecular flexibility index (Phi) is 2.91. The third-order valence-electron chi connectivity index (χ3n) is 2.34. The molecule has 76 valence electrons. The van der Waals surface area contributed by atoms with Crippen molar-refractivity contribution in [2.24, 2.45) is 5.92 Å². The van der Waals surface area contributed by atoms with Crippen molar-refractivity contribution in [2.45, 2.75) is 17.7 Å². The molecular weight excluding hydrogens is 246 g/mol. The number of rotatable bonds is 4. The second-order valence-corrected chi connectivity index (χ2v) is 4.72. The zero-order valence-corrected chi connectivity index (χ0v) is 9.29. The number of hydrogen-bond donors (Lipinski definition) is 1. The molecule has 0 radical (unpaired) electrons. The highest BCUT2D eigenvalue weighted by Crippen LogP contribution is 2.36. The molecule has 0 spiro atoms. The van der Waals surface area contributed by atoms with Crippen LogP contribution in [0.4, 0.5) is 0 Å². The highest BCUT2D eigenvalue weighted by Gasteiger charge is 2.29. The van der Waals surface area contributed by atoms with Crippen molar-refractivity contribution in [1.29, 1.82) is 0 Å². The average Bonchev–Trinajstić information content (AvgIpc) is 2.90. The zero-order chi connectivity index (χ0) is 9.97. The van der Waals surface area contributed by atoms with E-state index in [0.717, 1.165) is 5.92 Å². The van der Waals surface area contributed by atoms with Gasteiger partial charge in [-0.3, -0.25) is 4.79 Å². The standard InChI is InChI=1S/C10H12BrNO2/c11-8(7-3-4-7)6-12-10(13)9-2-1-5-14-9/h1-2,5,7-8H,3-4,6H2,(H,12,13). The lowest BCUT2D eigenvalue weighted by atomic mass is 10.3. The molecule has 1 atom stereocenters. The molecule has 2 rings (SSSR count). The van der Waals surface area contributed by atoms with Crippen molar-refractivity contribution in [2.75, 3.05) is 6.54 Å². The molecule has 14 heavy (non-hydrogen) atoms. The van der Waals surface area contributed by atoms with Gasteiger partial charge in [0.05, 0.1) is 6.26 Å². The summed E-state index contributed by atoms with van der Waals surface area (Å²) in [6.07, 6.45) is 4.04. The van der Waals surface area contributed by atoms with Gasteiger partial charge in [0, 0.05) is 11.4 Å². The van der Waals surface area contributed by atoms with Crippen LogP contribution < -0.4 is 5.32 Å². The SMILES string of the molecule is O=C(NCC(Br)C1CC1)c1ccco1. The van der Waals surface area contributed by atoms with E-state index in [9.17, 15) is 4.79 Å². The van der Waals surface area contributed by atoms with Crippen molar-refractivity contribution in [3.8, 4) is 0 Å². The molecule has 1 saturated carbocycles. The number of amides is 1. The Morgan fingerprint density at radius 1 is 1.71 bits per heavy atom. The molecule has 1 aliphatic rings. The minimum Gasteiger partial charge on any atom is -0.459 e. The summed E-state index contributed by atoms with van der Waals surface area (Å²) in [7, 11) is 0. The van der Waals surface area contributed by atoms with Gasteiger partial charge in [0.1, 0.15) is 0 Å². The normalized spacial score (nSPS) is 17.8. The number of nitrogens with one attached hydrogen (secondary N) is 1. The predicted molar refractivity (Wildman–Crippen MR) is 56.5 cm³/mol. The Balaban J connectivity index is 1.77. The van der Waals surface area contributed by atoms with Gasteiger partial charge >= 0.3 is 0 Å². The quantitative estimate of drug-likeness (QED) is 0.841. The van der Waals surface area contributed by atoms with E-state index in [2.05, 4.69) is 21.2 Å². The molecule has 1 aliphatic carbocycles. The summed E-state index contributed by atoms with van der Waals surface area (Å²) in [4.78, 5) is 11.8. The van der Waals surface area contributed by atoms with Crippen LogP contribution in [0.3, 0.4) is 0 Å². The third-order valence-corrected chi connectivity index (χ3v) is 3.41. The van der Waals surface area contributed by atoms with Gasteiger partial charge in [-0.25, -0.2) is 0 Å². The molecule has 0 saturated heterocycles. The van der Waals surface area contributed by atoms with Crippen molar-refractivity contribution >= 4 is 21.8 Å². The maximum Gasteiger partial charge on any atom is 0.287 e. The van der Waals surface area contributed by atoms with Gasteiger partial charge in [-0.05, 0) is 30.9 Å². The van der Waals surface area contributed by atoms with Gasteiger partial charge < -0.3 is 9.73 Å². The van der Waals surface area contributed by atoms with Gasteiger partial charge in [-0.1, -0.05) is 15.9 Å². The van der Waals surface area contributed by atoms with Crippen LogP contribution in [0.15, 0.2) is 22.8 Å². The van der Waals surface area contributed by atoms with E-state index in [0.29, 0.717) is 17.1 Å². The largest absolute Gasteiger partial charge is 0.459 e. The summed E-state index contributed by atoms with van der Waals surface area (Å²) in [5.74, 6) is 0.979. The molecule has 1 unspecified atom stereocenters. The molecule has 3 nitrogen and oxygen atoms in total. The molecule has 1 aromatic heterocycles. The Morgan fingerprint density at radius 3 is 3.07 bits per heavy atom. The van der Waals surface area contributed by atoms with Gasteiger partial charge in [0.15, 0.2) is 5.76 Å². The molecule has 1 amide bonds. The minimum absolute atomic E-state index is 0.139. The minimum atomic E-state index is -0.139. The fraction of sp³-hybridized carbons (Fsp3) is 0.500. The summed E-state index contributed by atoms with van der Waals surface area (Å²) in [5.41, 5.74) is 0. The first kappa shape index (κ1) is 9.77. The van der Waals surface area contributed by atoms with Crippen LogP contribution in [0.25, 0.3) is 0 Å². The van der Waals surface area contributed by atoms with Crippen LogP contribution >= 0.6 is 15.9 Å². The number of alkyl halides is 1. The van der Waals surface area contributed by atoms with Crippen LogP contribution in [0.1, 0.15) is 23.4 Å². The highest BCUT2D eigenvalue weighted by atomic mass is 79.9. The van der Waals surface area contributed by atoms with Crippen molar-refractivity contribution in [3.05, 3.63) is 24.2 Å². The number of carbonyl (C=O) groups excluding carboxylic acids is 1. The first-order chi connectivity index (χ1) is 6.77. The molecule has 0 bridgehead atoms. The van der Waals surface area contributed by atoms with Crippen molar-refractivity contribution in [3.63, 3.8) is 0 Å². The second kappa shape index (κ2) is 4.17. The maximum absolute atomic E-state index is 11.4. The van der Waals surface area contributed by atoms with Crippen LogP contribution in [-0.4, -0.2) is 17.3 Å². The van der Waals surface area contributed by atoms with Gasteiger partial charge in [0.25, 0.3) is 5.91 Å². The van der Waals surface area contributed by atoms with Crippen molar-refractivity contribution < 1.29 is 9.21 Å². The van der Waals surface area contributed by atoms with Gasteiger partial charge in [0.2, 0.25) is 0 Å². The van der Waals surface area contributed by atoms with Crippen LogP contribution in [-0.2, 0) is 0 Å². The zero-order valence-electron chi connectivity index (χ0n) is 7.70. The fourth-order valence-corrected chi connectivity index (χ4v) is 2.00. The smallest absolute Gasteiger partial charge is 0.287 e. The van der Waals surface area contributed by atoms with E-state index in [1.54, 1.807) is 12.1 Å². The van der Waals surface area contributed by atoms with E-state index in [-0.39, 0.29) is 5.91 Å². The van der Waals surface area contributed by atoms with E-state index in [1.807, 2.05) is 0 Å². The topological polar surface area (TPSA) is 42.2 Å². The molecule has 1 fully saturated rings. The first-order valence-electron chi connectivity index (χ1n) is 4.73. The highest BCUT2D eigenvalue weighted by molar-refractivity contribution is 9.09.